The maximum Gasteiger partial charge on any atom is 0.123 e. The minimum absolute atomic E-state index is 0.346. The van der Waals surface area contributed by atoms with Crippen molar-refractivity contribution >= 4 is 0 Å². The Kier molecular flexibility index (Phi) is 6.21. The number of hydrogen-bond donors (Lipinski definition) is 5. The van der Waals surface area contributed by atoms with Crippen LogP contribution in [0.5, 0.6) is 0 Å². The molecule has 0 spiro atoms. The SMILES string of the molecule is CNCc1cc(-c2cnc(C3CCCN3)[nH]2)ccc1-c1ccc(-c2cnc(C3CCCN3)[nH]2)cc1. The first-order valence-electron chi connectivity index (χ1n) is 12.7. The summed E-state index contributed by atoms with van der Waals surface area (Å²) in [5, 5.41) is 10.4. The molecule has 2 unspecified atom stereocenters. The van der Waals surface area contributed by atoms with E-state index in [2.05, 4.69) is 78.4 Å². The van der Waals surface area contributed by atoms with Crippen molar-refractivity contribution in [2.24, 2.45) is 0 Å². The number of H-pyrrole nitrogens is 2. The molecule has 4 heterocycles. The first kappa shape index (κ1) is 22.2. The number of aromatic nitrogens is 4. The highest BCUT2D eigenvalue weighted by Gasteiger charge is 2.20. The van der Waals surface area contributed by atoms with Gasteiger partial charge >= 0.3 is 0 Å². The molecule has 2 fully saturated rings. The van der Waals surface area contributed by atoms with Crippen LogP contribution in [0.4, 0.5) is 0 Å². The Morgan fingerprint density at radius 3 is 1.91 bits per heavy atom. The van der Waals surface area contributed by atoms with Crippen molar-refractivity contribution in [3.8, 4) is 33.6 Å². The molecule has 180 valence electrons. The van der Waals surface area contributed by atoms with Crippen LogP contribution in [0.1, 0.15) is 55.0 Å². The Morgan fingerprint density at radius 1 is 0.771 bits per heavy atom. The first-order chi connectivity index (χ1) is 17.3. The van der Waals surface area contributed by atoms with E-state index in [1.165, 1.54) is 29.5 Å². The Hall–Kier alpha value is -3.26. The maximum atomic E-state index is 4.65. The van der Waals surface area contributed by atoms with Crippen molar-refractivity contribution < 1.29 is 0 Å². The van der Waals surface area contributed by atoms with Gasteiger partial charge in [0, 0.05) is 6.54 Å². The molecule has 0 saturated carbocycles. The Morgan fingerprint density at radius 2 is 1.34 bits per heavy atom. The van der Waals surface area contributed by atoms with Crippen molar-refractivity contribution in [1.29, 1.82) is 0 Å². The predicted molar refractivity (Wildman–Crippen MR) is 140 cm³/mol. The van der Waals surface area contributed by atoms with Gasteiger partial charge in [0.2, 0.25) is 0 Å². The smallest absolute Gasteiger partial charge is 0.123 e. The van der Waals surface area contributed by atoms with Crippen LogP contribution >= 0.6 is 0 Å². The molecule has 0 bridgehead atoms. The van der Waals surface area contributed by atoms with Crippen LogP contribution in [-0.4, -0.2) is 40.1 Å². The van der Waals surface area contributed by atoms with Gasteiger partial charge in [-0.15, -0.1) is 0 Å². The van der Waals surface area contributed by atoms with Crippen LogP contribution in [0.3, 0.4) is 0 Å². The monoisotopic (exact) mass is 467 g/mol. The fourth-order valence-electron chi connectivity index (χ4n) is 5.37. The van der Waals surface area contributed by atoms with Gasteiger partial charge in [-0.3, -0.25) is 0 Å². The lowest BCUT2D eigenvalue weighted by Gasteiger charge is -2.12. The van der Waals surface area contributed by atoms with Crippen LogP contribution < -0.4 is 16.0 Å². The zero-order chi connectivity index (χ0) is 23.6. The summed E-state index contributed by atoms with van der Waals surface area (Å²) in [4.78, 5) is 16.3. The molecular weight excluding hydrogens is 434 g/mol. The molecule has 2 atom stereocenters. The molecule has 2 aliphatic heterocycles. The fraction of sp³-hybridized carbons (Fsp3) is 0.357. The zero-order valence-electron chi connectivity index (χ0n) is 20.2. The molecule has 2 aromatic carbocycles. The minimum atomic E-state index is 0.346. The molecule has 2 aliphatic rings. The lowest BCUT2D eigenvalue weighted by molar-refractivity contribution is 0.613. The molecule has 7 nitrogen and oxygen atoms in total. The van der Waals surface area contributed by atoms with Crippen molar-refractivity contribution in [2.45, 2.75) is 44.3 Å². The topological polar surface area (TPSA) is 93.4 Å². The third-order valence-electron chi connectivity index (χ3n) is 7.26. The summed E-state index contributed by atoms with van der Waals surface area (Å²) in [7, 11) is 1.99. The molecule has 6 rings (SSSR count). The average Bonchev–Trinajstić information content (AvgIpc) is 3.71. The van der Waals surface area contributed by atoms with Gasteiger partial charge < -0.3 is 25.9 Å². The van der Waals surface area contributed by atoms with Crippen LogP contribution in [-0.2, 0) is 6.54 Å². The van der Waals surface area contributed by atoms with Gasteiger partial charge in [-0.05, 0) is 79.7 Å². The van der Waals surface area contributed by atoms with E-state index in [9.17, 15) is 0 Å². The van der Waals surface area contributed by atoms with E-state index in [1.54, 1.807) is 0 Å². The van der Waals surface area contributed by atoms with Gasteiger partial charge in [-0.1, -0.05) is 36.4 Å². The van der Waals surface area contributed by atoms with Crippen molar-refractivity contribution in [2.75, 3.05) is 20.1 Å². The molecule has 0 amide bonds. The van der Waals surface area contributed by atoms with E-state index >= 15 is 0 Å². The number of benzene rings is 2. The van der Waals surface area contributed by atoms with Crippen LogP contribution in [0.2, 0.25) is 0 Å². The summed E-state index contributed by atoms with van der Waals surface area (Å²) in [6, 6.07) is 16.2. The standard InChI is InChI=1S/C28H33N7/c1-29-15-21-14-20(26-17-33-28(35-26)24-5-3-13-31-24)10-11-22(21)18-6-8-19(9-7-18)25-16-32-27(34-25)23-4-2-12-30-23/h6-11,14,16-17,23-24,29-31H,2-5,12-13,15H2,1H3,(H,32,34)(H,33,35). The summed E-state index contributed by atoms with van der Waals surface area (Å²) in [5.74, 6) is 2.08. The summed E-state index contributed by atoms with van der Waals surface area (Å²) in [6.45, 7) is 2.94. The number of imidazole rings is 2. The quantitative estimate of drug-likeness (QED) is 0.272. The molecule has 2 aromatic heterocycles. The summed E-state index contributed by atoms with van der Waals surface area (Å²) in [5.41, 5.74) is 8.18. The Balaban J connectivity index is 1.24. The second kappa shape index (κ2) is 9.77. The molecule has 0 radical (unpaired) electrons. The number of aromatic amines is 2. The Labute approximate surface area is 206 Å². The zero-order valence-corrected chi connectivity index (χ0v) is 20.2. The number of rotatable bonds is 7. The van der Waals surface area contributed by atoms with Gasteiger partial charge in [0.1, 0.15) is 11.6 Å². The highest BCUT2D eigenvalue weighted by Crippen LogP contribution is 2.31. The van der Waals surface area contributed by atoms with Crippen molar-refractivity contribution in [3.05, 3.63) is 72.1 Å². The summed E-state index contributed by atoms with van der Waals surface area (Å²) >= 11 is 0. The highest BCUT2D eigenvalue weighted by atomic mass is 15.0. The van der Waals surface area contributed by atoms with Gasteiger partial charge in [0.05, 0.1) is 35.9 Å². The third kappa shape index (κ3) is 4.55. The molecule has 7 heteroatoms. The van der Waals surface area contributed by atoms with Crippen LogP contribution in [0.15, 0.2) is 54.9 Å². The lowest BCUT2D eigenvalue weighted by Crippen LogP contribution is -2.14. The average molecular weight is 468 g/mol. The van der Waals surface area contributed by atoms with Gasteiger partial charge in [-0.2, -0.15) is 0 Å². The van der Waals surface area contributed by atoms with E-state index in [0.29, 0.717) is 12.1 Å². The normalized spacial score (nSPS) is 20.0. The van der Waals surface area contributed by atoms with Crippen LogP contribution in [0.25, 0.3) is 33.6 Å². The number of nitrogens with zero attached hydrogens (tertiary/aromatic N) is 2. The van der Waals surface area contributed by atoms with Crippen molar-refractivity contribution in [3.63, 3.8) is 0 Å². The minimum Gasteiger partial charge on any atom is -0.341 e. The number of nitrogens with one attached hydrogen (secondary N) is 5. The van der Waals surface area contributed by atoms with Gasteiger partial charge in [0.25, 0.3) is 0 Å². The first-order valence-corrected chi connectivity index (χ1v) is 12.7. The molecule has 5 N–H and O–H groups in total. The molecule has 2 saturated heterocycles. The van der Waals surface area contributed by atoms with E-state index in [-0.39, 0.29) is 0 Å². The Bertz CT molecular complexity index is 1270. The molecule has 4 aromatic rings. The van der Waals surface area contributed by atoms with Crippen molar-refractivity contribution in [1.82, 2.24) is 35.9 Å². The van der Waals surface area contributed by atoms with E-state index in [4.69, 9.17) is 0 Å². The summed E-state index contributed by atoms with van der Waals surface area (Å²) in [6.07, 6.45) is 8.62. The van der Waals surface area contributed by atoms with E-state index < -0.39 is 0 Å². The number of hydrogen-bond acceptors (Lipinski definition) is 5. The van der Waals surface area contributed by atoms with Gasteiger partial charge in [-0.25, -0.2) is 9.97 Å². The fourth-order valence-corrected chi connectivity index (χ4v) is 5.37. The largest absolute Gasteiger partial charge is 0.341 e. The molecule has 0 aliphatic carbocycles. The lowest BCUT2D eigenvalue weighted by atomic mass is 9.95. The predicted octanol–water partition coefficient (Wildman–Crippen LogP) is 4.70. The maximum absolute atomic E-state index is 4.65. The molecular formula is C28H33N7. The third-order valence-corrected chi connectivity index (χ3v) is 7.26. The van der Waals surface area contributed by atoms with E-state index in [1.807, 2.05) is 19.4 Å². The molecule has 35 heavy (non-hydrogen) atoms. The van der Waals surface area contributed by atoms with Crippen LogP contribution in [0, 0.1) is 0 Å². The highest BCUT2D eigenvalue weighted by molar-refractivity contribution is 5.74. The van der Waals surface area contributed by atoms with Gasteiger partial charge in [0.15, 0.2) is 0 Å². The summed E-state index contributed by atoms with van der Waals surface area (Å²) < 4.78 is 0. The second-order valence-corrected chi connectivity index (χ2v) is 9.64. The second-order valence-electron chi connectivity index (χ2n) is 9.64. The van der Waals surface area contributed by atoms with E-state index in [0.717, 1.165) is 66.6 Å².